The third-order valence-electron chi connectivity index (χ3n) is 7.28. The fourth-order valence-electron chi connectivity index (χ4n) is 5.02. The van der Waals surface area contributed by atoms with Gasteiger partial charge in [-0.2, -0.15) is 0 Å². The van der Waals surface area contributed by atoms with Crippen molar-refractivity contribution in [2.75, 3.05) is 51.2 Å². The molecule has 12 heteroatoms. The van der Waals surface area contributed by atoms with Gasteiger partial charge in [-0.25, -0.2) is 36.5 Å². The summed E-state index contributed by atoms with van der Waals surface area (Å²) >= 11 is 0. The molecule has 0 amide bonds. The van der Waals surface area contributed by atoms with Crippen molar-refractivity contribution < 1.29 is 26.3 Å². The molecule has 3 heterocycles. The number of fused-ring (bicyclic) bond motifs is 1. The van der Waals surface area contributed by atoms with Gasteiger partial charge < -0.3 is 15.0 Å². The van der Waals surface area contributed by atoms with Crippen molar-refractivity contribution in [2.45, 2.75) is 51.0 Å². The second-order valence-electron chi connectivity index (χ2n) is 10.7. The molecule has 0 spiro atoms. The normalized spacial score (nSPS) is 18.0. The number of methoxy groups -OCH3 is 1. The molecule has 2 aromatic heterocycles. The van der Waals surface area contributed by atoms with E-state index in [1.54, 1.807) is 6.92 Å². The molecular formula is C28H36F3N5O3S. The Hall–Kier alpha value is -2.83. The Kier molecular flexibility index (Phi) is 9.01. The first kappa shape index (κ1) is 30.1. The minimum absolute atomic E-state index is 0.0528. The van der Waals surface area contributed by atoms with Crippen molar-refractivity contribution in [1.29, 1.82) is 0 Å². The van der Waals surface area contributed by atoms with Crippen LogP contribution in [0.3, 0.4) is 0 Å². The Bertz CT molecular complexity index is 1480. The van der Waals surface area contributed by atoms with Crippen molar-refractivity contribution in [3.8, 4) is 0 Å². The minimum atomic E-state index is -3.39. The summed E-state index contributed by atoms with van der Waals surface area (Å²) in [4.78, 5) is 16.1. The van der Waals surface area contributed by atoms with E-state index in [0.717, 1.165) is 11.6 Å². The highest BCUT2D eigenvalue weighted by Gasteiger charge is 2.36. The molecule has 0 bridgehead atoms. The number of hydrogen-bond acceptors (Lipinski definition) is 8. The van der Waals surface area contributed by atoms with E-state index in [0.29, 0.717) is 47.8 Å². The predicted molar refractivity (Wildman–Crippen MR) is 149 cm³/mol. The Balaban J connectivity index is 1.75. The van der Waals surface area contributed by atoms with Gasteiger partial charge in [0.15, 0.2) is 15.5 Å². The SMILES string of the molecule is COCCC(F)(F)c1cccc([C@@H](C)Nc2nc(CCN(C)C)nc3nc(C)c(C4CCS(=O)(=O)C4)cc23)c1F. The highest BCUT2D eigenvalue weighted by atomic mass is 32.2. The molecule has 1 aromatic carbocycles. The molecule has 4 rings (SSSR count). The van der Waals surface area contributed by atoms with Crippen LogP contribution in [-0.2, 0) is 26.9 Å². The fraction of sp³-hybridized carbons (Fsp3) is 0.536. The van der Waals surface area contributed by atoms with Crippen LogP contribution in [0, 0.1) is 12.7 Å². The van der Waals surface area contributed by atoms with Crippen LogP contribution in [0.2, 0.25) is 0 Å². The summed E-state index contributed by atoms with van der Waals surface area (Å²) in [6.07, 6.45) is 0.402. The summed E-state index contributed by atoms with van der Waals surface area (Å²) in [6, 6.07) is 5.11. The van der Waals surface area contributed by atoms with E-state index >= 15 is 4.39 Å². The van der Waals surface area contributed by atoms with Crippen molar-refractivity contribution in [3.63, 3.8) is 0 Å². The molecule has 8 nitrogen and oxygen atoms in total. The average molecular weight is 580 g/mol. The molecule has 218 valence electrons. The van der Waals surface area contributed by atoms with E-state index < -0.39 is 39.6 Å². The number of sulfone groups is 1. The van der Waals surface area contributed by atoms with E-state index in [1.807, 2.05) is 32.0 Å². The first-order chi connectivity index (χ1) is 18.8. The molecule has 0 saturated carbocycles. The van der Waals surface area contributed by atoms with Gasteiger partial charge in [-0.3, -0.25) is 0 Å². The highest BCUT2D eigenvalue weighted by molar-refractivity contribution is 7.91. The lowest BCUT2D eigenvalue weighted by molar-refractivity contribution is -0.0356. The number of nitrogens with one attached hydrogen (secondary N) is 1. The monoisotopic (exact) mass is 579 g/mol. The Morgan fingerprint density at radius 1 is 1.23 bits per heavy atom. The quantitative estimate of drug-likeness (QED) is 0.347. The molecule has 0 radical (unpaired) electrons. The van der Waals surface area contributed by atoms with Crippen molar-refractivity contribution >= 4 is 26.7 Å². The minimum Gasteiger partial charge on any atom is -0.384 e. The maximum absolute atomic E-state index is 15.5. The van der Waals surface area contributed by atoms with E-state index in [1.165, 1.54) is 19.2 Å². The zero-order chi connectivity index (χ0) is 29.2. The molecule has 0 aliphatic carbocycles. The molecule has 1 aliphatic rings. The molecule has 1 saturated heterocycles. The number of pyridine rings is 1. The molecular weight excluding hydrogens is 543 g/mol. The Morgan fingerprint density at radius 3 is 2.62 bits per heavy atom. The smallest absolute Gasteiger partial charge is 0.278 e. The van der Waals surface area contributed by atoms with Crippen LogP contribution in [-0.4, -0.2) is 74.1 Å². The maximum atomic E-state index is 15.5. The lowest BCUT2D eigenvalue weighted by Gasteiger charge is -2.22. The summed E-state index contributed by atoms with van der Waals surface area (Å²) in [7, 11) is 2.07. The third-order valence-corrected chi connectivity index (χ3v) is 9.05. The average Bonchev–Trinajstić information content (AvgIpc) is 3.24. The summed E-state index contributed by atoms with van der Waals surface area (Å²) in [6.45, 7) is 3.99. The Morgan fingerprint density at radius 2 is 1.98 bits per heavy atom. The van der Waals surface area contributed by atoms with Crippen LogP contribution in [0.5, 0.6) is 0 Å². The maximum Gasteiger partial charge on any atom is 0.278 e. The van der Waals surface area contributed by atoms with Gasteiger partial charge in [-0.1, -0.05) is 18.2 Å². The third kappa shape index (κ3) is 6.72. The number of aryl methyl sites for hydroxylation is 1. The largest absolute Gasteiger partial charge is 0.384 e. The van der Waals surface area contributed by atoms with E-state index in [9.17, 15) is 17.2 Å². The molecule has 1 unspecified atom stereocenters. The topological polar surface area (TPSA) is 97.3 Å². The number of nitrogens with zero attached hydrogens (tertiary/aromatic N) is 4. The van der Waals surface area contributed by atoms with Gasteiger partial charge in [0.25, 0.3) is 5.92 Å². The van der Waals surface area contributed by atoms with Gasteiger partial charge in [0.2, 0.25) is 0 Å². The second-order valence-corrected chi connectivity index (χ2v) is 12.9. The number of benzene rings is 1. The number of ether oxygens (including phenoxy) is 1. The summed E-state index contributed by atoms with van der Waals surface area (Å²) < 4.78 is 74.1. The summed E-state index contributed by atoms with van der Waals surface area (Å²) in [5, 5.41) is 3.78. The highest BCUT2D eigenvalue weighted by Crippen LogP contribution is 2.37. The zero-order valence-corrected chi connectivity index (χ0v) is 24.3. The lowest BCUT2D eigenvalue weighted by atomic mass is 9.96. The van der Waals surface area contributed by atoms with Gasteiger partial charge in [0, 0.05) is 43.7 Å². The van der Waals surface area contributed by atoms with Crippen LogP contribution in [0.15, 0.2) is 24.3 Å². The Labute approximate surface area is 233 Å². The molecule has 40 heavy (non-hydrogen) atoms. The van der Waals surface area contributed by atoms with E-state index in [4.69, 9.17) is 14.7 Å². The van der Waals surface area contributed by atoms with Gasteiger partial charge >= 0.3 is 0 Å². The first-order valence-electron chi connectivity index (χ1n) is 13.3. The number of rotatable bonds is 11. The van der Waals surface area contributed by atoms with Crippen LogP contribution in [0.4, 0.5) is 19.0 Å². The summed E-state index contributed by atoms with van der Waals surface area (Å²) in [5.74, 6) is -3.48. The van der Waals surface area contributed by atoms with Crippen molar-refractivity contribution in [2.24, 2.45) is 0 Å². The molecule has 1 aliphatic heterocycles. The zero-order valence-electron chi connectivity index (χ0n) is 23.5. The van der Waals surface area contributed by atoms with Crippen LogP contribution >= 0.6 is 0 Å². The number of hydrogen-bond donors (Lipinski definition) is 1. The first-order valence-corrected chi connectivity index (χ1v) is 15.1. The fourth-order valence-corrected chi connectivity index (χ4v) is 6.79. The van der Waals surface area contributed by atoms with E-state index in [2.05, 4.69) is 10.3 Å². The molecule has 2 atom stereocenters. The number of aromatic nitrogens is 3. The molecule has 1 fully saturated rings. The lowest BCUT2D eigenvalue weighted by Crippen LogP contribution is -2.20. The van der Waals surface area contributed by atoms with Gasteiger partial charge in [0.1, 0.15) is 17.5 Å². The van der Waals surface area contributed by atoms with Crippen molar-refractivity contribution in [1.82, 2.24) is 19.9 Å². The number of likely N-dealkylation sites (N-methyl/N-ethyl adjacent to an activating group) is 1. The van der Waals surface area contributed by atoms with E-state index in [-0.39, 0.29) is 29.6 Å². The van der Waals surface area contributed by atoms with Crippen LogP contribution in [0.25, 0.3) is 11.0 Å². The molecule has 3 aromatic rings. The van der Waals surface area contributed by atoms with Crippen LogP contribution < -0.4 is 5.32 Å². The van der Waals surface area contributed by atoms with Gasteiger partial charge in [-0.05, 0) is 46.0 Å². The van der Waals surface area contributed by atoms with Gasteiger partial charge in [-0.15, -0.1) is 0 Å². The number of halogens is 3. The number of anilines is 1. The van der Waals surface area contributed by atoms with Gasteiger partial charge in [0.05, 0.1) is 35.1 Å². The molecule has 1 N–H and O–H groups in total. The van der Waals surface area contributed by atoms with Crippen molar-refractivity contribution in [3.05, 3.63) is 58.3 Å². The summed E-state index contributed by atoms with van der Waals surface area (Å²) in [5.41, 5.74) is 1.32. The second kappa shape index (κ2) is 12.0. The van der Waals surface area contributed by atoms with Crippen LogP contribution in [0.1, 0.15) is 59.9 Å². The number of alkyl halides is 2. The predicted octanol–water partition coefficient (Wildman–Crippen LogP) is 4.78. The standard InChI is InChI=1S/C28H36F3N5O3S/c1-17(20-7-6-8-23(25(20)29)28(30,31)11-13-39-5)32-26-22-15-21(19-10-14-40(37,38)16-19)18(2)33-27(22)35-24(34-26)9-12-36(3)4/h6-8,15,17,19H,9-14,16H2,1-5H3,(H,32,33,34,35)/t17-,19?/m1/s1.